The van der Waals surface area contributed by atoms with E-state index in [9.17, 15) is 32.3 Å². The zero-order valence-corrected chi connectivity index (χ0v) is 13.1. The lowest BCUT2D eigenvalue weighted by atomic mass is 9.57. The molecule has 1 rings (SSSR count). The number of rotatable bonds is 3. The van der Waals surface area contributed by atoms with Crippen LogP contribution in [-0.4, -0.2) is 29.3 Å². The van der Waals surface area contributed by atoms with E-state index in [1.807, 2.05) is 0 Å². The molecule has 0 saturated heterocycles. The highest BCUT2D eigenvalue weighted by molar-refractivity contribution is 6.35. The van der Waals surface area contributed by atoms with Gasteiger partial charge in [-0.3, -0.25) is 19.2 Å². The lowest BCUT2D eigenvalue weighted by molar-refractivity contribution is -0.166. The average Bonchev–Trinajstić information content (AvgIpc) is 2.33. The topological polar surface area (TPSA) is 68.3 Å². The number of carbonyl (C=O) groups excluding carboxylic acids is 4. The molecular formula is C15H19F3O4. The second kappa shape index (κ2) is 5.28. The summed E-state index contributed by atoms with van der Waals surface area (Å²) < 4.78 is 37.3. The molecule has 0 radical (unpaired) electrons. The Labute approximate surface area is 126 Å². The minimum absolute atomic E-state index is 0.623. The molecule has 1 fully saturated rings. The molecule has 1 unspecified atom stereocenters. The molecule has 0 amide bonds. The van der Waals surface area contributed by atoms with Gasteiger partial charge in [0.05, 0.1) is 17.3 Å². The molecule has 7 heteroatoms. The number of Topliss-reactive ketones (excluding diaryl/α,β-unsaturated/α-hetero) is 4. The van der Waals surface area contributed by atoms with Crippen LogP contribution in [0.4, 0.5) is 13.2 Å². The van der Waals surface area contributed by atoms with Crippen molar-refractivity contribution >= 4 is 23.1 Å². The molecule has 0 aliphatic heterocycles. The molecule has 124 valence electrons. The third kappa shape index (κ3) is 2.98. The van der Waals surface area contributed by atoms with Gasteiger partial charge in [-0.15, -0.1) is 0 Å². The van der Waals surface area contributed by atoms with Gasteiger partial charge in [0.15, 0.2) is 23.1 Å². The minimum Gasteiger partial charge on any atom is -0.298 e. The number of alkyl halides is 3. The van der Waals surface area contributed by atoms with Crippen LogP contribution in [0, 0.1) is 22.7 Å². The van der Waals surface area contributed by atoms with Crippen molar-refractivity contribution in [2.75, 3.05) is 0 Å². The van der Waals surface area contributed by atoms with Crippen LogP contribution in [0.5, 0.6) is 0 Å². The van der Waals surface area contributed by atoms with E-state index in [2.05, 4.69) is 0 Å². The van der Waals surface area contributed by atoms with Gasteiger partial charge in [0.2, 0.25) is 0 Å². The zero-order chi connectivity index (χ0) is 17.7. The molecule has 0 bridgehead atoms. The number of hydrogen-bond acceptors (Lipinski definition) is 4. The lowest BCUT2D eigenvalue weighted by Gasteiger charge is -2.40. The highest BCUT2D eigenvalue weighted by Gasteiger charge is 2.60. The minimum atomic E-state index is -4.57. The van der Waals surface area contributed by atoms with Gasteiger partial charge in [0.25, 0.3) is 0 Å². The Morgan fingerprint density at radius 1 is 1.05 bits per heavy atom. The maximum Gasteiger partial charge on any atom is 0.389 e. The van der Waals surface area contributed by atoms with E-state index in [0.29, 0.717) is 0 Å². The summed E-state index contributed by atoms with van der Waals surface area (Å²) in [6, 6.07) is 0. The maximum absolute atomic E-state index is 12.4. The number of carbonyl (C=O) groups is 4. The van der Waals surface area contributed by atoms with Gasteiger partial charge in [0.1, 0.15) is 5.92 Å². The molecule has 1 atom stereocenters. The van der Waals surface area contributed by atoms with Gasteiger partial charge in [-0.2, -0.15) is 13.2 Å². The monoisotopic (exact) mass is 320 g/mol. The van der Waals surface area contributed by atoms with Crippen molar-refractivity contribution in [3.63, 3.8) is 0 Å². The Hall–Kier alpha value is -1.53. The van der Waals surface area contributed by atoms with Gasteiger partial charge >= 0.3 is 6.18 Å². The number of ketones is 4. The van der Waals surface area contributed by atoms with Crippen molar-refractivity contribution in [3.8, 4) is 0 Å². The molecule has 0 aromatic heterocycles. The second-order valence-corrected chi connectivity index (χ2v) is 6.86. The normalized spacial score (nSPS) is 23.5. The van der Waals surface area contributed by atoms with Crippen LogP contribution < -0.4 is 0 Å². The Bertz CT molecular complexity index is 513. The summed E-state index contributed by atoms with van der Waals surface area (Å²) in [6.07, 6.45) is -5.98. The molecule has 0 aromatic rings. The van der Waals surface area contributed by atoms with Crippen LogP contribution >= 0.6 is 0 Å². The van der Waals surface area contributed by atoms with E-state index < -0.39 is 58.4 Å². The highest BCUT2D eigenvalue weighted by atomic mass is 19.4. The predicted octanol–water partition coefficient (Wildman–Crippen LogP) is 2.53. The SMILES string of the molecule is CC(CC(F)(F)F)C(=O)C1C(=O)C(C)(C)C(=O)C(C)(C)C1=O. The summed E-state index contributed by atoms with van der Waals surface area (Å²) in [5.74, 6) is -6.84. The molecule has 1 aliphatic rings. The van der Waals surface area contributed by atoms with Crippen molar-refractivity contribution in [2.45, 2.75) is 47.2 Å². The third-order valence-corrected chi connectivity index (χ3v) is 4.20. The quantitative estimate of drug-likeness (QED) is 0.749. The van der Waals surface area contributed by atoms with Gasteiger partial charge in [-0.1, -0.05) is 6.92 Å². The largest absolute Gasteiger partial charge is 0.389 e. The maximum atomic E-state index is 12.4. The molecule has 22 heavy (non-hydrogen) atoms. The molecule has 0 spiro atoms. The molecule has 0 N–H and O–H groups in total. The first kappa shape index (κ1) is 18.5. The Morgan fingerprint density at radius 3 is 1.73 bits per heavy atom. The van der Waals surface area contributed by atoms with Gasteiger partial charge < -0.3 is 0 Å². The van der Waals surface area contributed by atoms with Crippen molar-refractivity contribution in [1.82, 2.24) is 0 Å². The predicted molar refractivity (Wildman–Crippen MR) is 70.9 cm³/mol. The summed E-state index contributed by atoms with van der Waals surface area (Å²) in [6.45, 7) is 6.20. The first-order valence-corrected chi connectivity index (χ1v) is 6.88. The highest BCUT2D eigenvalue weighted by Crippen LogP contribution is 2.42. The number of halogens is 3. The zero-order valence-electron chi connectivity index (χ0n) is 13.1. The molecule has 1 aliphatic carbocycles. The van der Waals surface area contributed by atoms with Gasteiger partial charge in [-0.25, -0.2) is 0 Å². The fourth-order valence-electron chi connectivity index (χ4n) is 2.84. The summed E-state index contributed by atoms with van der Waals surface area (Å²) >= 11 is 0. The van der Waals surface area contributed by atoms with Crippen LogP contribution in [0.1, 0.15) is 41.0 Å². The van der Waals surface area contributed by atoms with E-state index in [-0.39, 0.29) is 0 Å². The van der Waals surface area contributed by atoms with Crippen molar-refractivity contribution < 1.29 is 32.3 Å². The summed E-state index contributed by atoms with van der Waals surface area (Å²) in [7, 11) is 0. The van der Waals surface area contributed by atoms with Crippen molar-refractivity contribution in [2.24, 2.45) is 22.7 Å². The standard InChI is InChI=1S/C15H19F3O4/c1-7(6-15(16,17)18)9(19)8-10(20)13(2,3)12(22)14(4,5)11(8)21/h7-8H,6H2,1-5H3. The van der Waals surface area contributed by atoms with Crippen LogP contribution in [0.15, 0.2) is 0 Å². The smallest absolute Gasteiger partial charge is 0.298 e. The van der Waals surface area contributed by atoms with Gasteiger partial charge in [0, 0.05) is 5.92 Å². The third-order valence-electron chi connectivity index (χ3n) is 4.20. The Kier molecular flexibility index (Phi) is 4.44. The van der Waals surface area contributed by atoms with Crippen LogP contribution in [0.3, 0.4) is 0 Å². The van der Waals surface area contributed by atoms with Crippen LogP contribution in [0.25, 0.3) is 0 Å². The lowest BCUT2D eigenvalue weighted by Crippen LogP contribution is -2.59. The molecule has 0 aromatic carbocycles. The first-order chi connectivity index (χ1) is 9.64. The van der Waals surface area contributed by atoms with E-state index in [0.717, 1.165) is 6.92 Å². The molecule has 4 nitrogen and oxygen atoms in total. The first-order valence-electron chi connectivity index (χ1n) is 6.88. The van der Waals surface area contributed by atoms with Gasteiger partial charge in [-0.05, 0) is 27.7 Å². The second-order valence-electron chi connectivity index (χ2n) is 6.86. The number of hydrogen-bond donors (Lipinski definition) is 0. The van der Waals surface area contributed by atoms with E-state index in [1.54, 1.807) is 0 Å². The van der Waals surface area contributed by atoms with Crippen molar-refractivity contribution in [1.29, 1.82) is 0 Å². The average molecular weight is 320 g/mol. The van der Waals surface area contributed by atoms with E-state index in [4.69, 9.17) is 0 Å². The van der Waals surface area contributed by atoms with E-state index >= 15 is 0 Å². The van der Waals surface area contributed by atoms with Crippen LogP contribution in [0.2, 0.25) is 0 Å². The summed E-state index contributed by atoms with van der Waals surface area (Å²) in [4.78, 5) is 49.1. The molecule has 0 heterocycles. The molecule has 1 saturated carbocycles. The fourth-order valence-corrected chi connectivity index (χ4v) is 2.84. The Balaban J connectivity index is 3.22. The van der Waals surface area contributed by atoms with Crippen molar-refractivity contribution in [3.05, 3.63) is 0 Å². The van der Waals surface area contributed by atoms with E-state index in [1.165, 1.54) is 27.7 Å². The summed E-state index contributed by atoms with van der Waals surface area (Å²) in [5, 5.41) is 0. The Morgan fingerprint density at radius 2 is 1.41 bits per heavy atom. The fraction of sp³-hybridized carbons (Fsp3) is 0.733. The summed E-state index contributed by atoms with van der Waals surface area (Å²) in [5.41, 5.74) is -3.15. The van der Waals surface area contributed by atoms with Crippen LogP contribution in [-0.2, 0) is 19.2 Å². The molecular weight excluding hydrogens is 301 g/mol.